The van der Waals surface area contributed by atoms with Gasteiger partial charge in [-0.2, -0.15) is 0 Å². The van der Waals surface area contributed by atoms with E-state index in [1.165, 1.54) is 0 Å². The monoisotopic (exact) mass is 185 g/mol. The van der Waals surface area contributed by atoms with Gasteiger partial charge in [-0.15, -0.1) is 0 Å². The molecule has 0 aromatic carbocycles. The fraction of sp³-hybridized carbons (Fsp3) is 1.00. The molecule has 0 aliphatic rings. The van der Waals surface area contributed by atoms with Gasteiger partial charge in [0.25, 0.3) is 0 Å². The average molecular weight is 186 g/mol. The Morgan fingerprint density at radius 2 is 1.40 bits per heavy atom. The molecular formula is CH3O2PdS-. The van der Waals surface area contributed by atoms with Gasteiger partial charge < -0.3 is 8.42 Å². The Kier molecular flexibility index (Phi) is 8.44. The Morgan fingerprint density at radius 1 is 1.40 bits per heavy atom. The third-order valence-corrected chi connectivity index (χ3v) is 0. The van der Waals surface area contributed by atoms with Gasteiger partial charge in [0, 0.05) is 20.4 Å². The van der Waals surface area contributed by atoms with E-state index in [1.54, 1.807) is 0 Å². The van der Waals surface area contributed by atoms with E-state index in [-0.39, 0.29) is 20.4 Å². The molecule has 0 amide bonds. The minimum absolute atomic E-state index is 0. The maximum absolute atomic E-state index is 9.00. The molecule has 0 N–H and O–H groups in total. The molecule has 0 saturated carbocycles. The predicted molar refractivity (Wildman–Crippen MR) is 14.7 cm³/mol. The van der Waals surface area contributed by atoms with E-state index in [4.69, 9.17) is 8.42 Å². The third-order valence-electron chi connectivity index (χ3n) is 0. The van der Waals surface area contributed by atoms with E-state index >= 15 is 0 Å². The van der Waals surface area contributed by atoms with Crippen molar-refractivity contribution in [3.05, 3.63) is 0 Å². The van der Waals surface area contributed by atoms with Crippen LogP contribution in [0.4, 0.5) is 0 Å². The van der Waals surface area contributed by atoms with Crippen molar-refractivity contribution < 1.29 is 28.8 Å². The van der Waals surface area contributed by atoms with Crippen molar-refractivity contribution in [2.24, 2.45) is 0 Å². The molecule has 0 saturated heterocycles. The van der Waals surface area contributed by atoms with Gasteiger partial charge >= 0.3 is 0 Å². The summed E-state index contributed by atoms with van der Waals surface area (Å²) in [7, 11) is -1.86. The van der Waals surface area contributed by atoms with Gasteiger partial charge in [-0.05, 0) is 0 Å². The summed E-state index contributed by atoms with van der Waals surface area (Å²) in [5.41, 5.74) is 0. The Hall–Kier alpha value is 0.612. The maximum Gasteiger partial charge on any atom is 0 e. The molecular weight excluding hydrogens is 182 g/mol. The van der Waals surface area contributed by atoms with Crippen LogP contribution in [0.1, 0.15) is 0 Å². The molecule has 4 heteroatoms. The first-order valence-corrected chi connectivity index (χ1v) is 2.22. The van der Waals surface area contributed by atoms with Crippen LogP contribution in [0.15, 0.2) is 0 Å². The summed E-state index contributed by atoms with van der Waals surface area (Å²) in [6, 6.07) is 0. The molecule has 0 atom stereocenters. The second kappa shape index (κ2) is 4.61. The first-order chi connectivity index (χ1) is 1.73. The zero-order valence-corrected chi connectivity index (χ0v) is 4.91. The first-order valence-electron chi connectivity index (χ1n) is 0.742. The van der Waals surface area contributed by atoms with E-state index in [9.17, 15) is 0 Å². The zero-order chi connectivity index (χ0) is 3.58. The molecule has 0 rings (SSSR count). The summed E-state index contributed by atoms with van der Waals surface area (Å²) in [6.45, 7) is 0. The number of hydrogen-bond donors (Lipinski definition) is 0. The fourth-order valence-electron chi connectivity index (χ4n) is 0. The van der Waals surface area contributed by atoms with Crippen LogP contribution in [0.5, 0.6) is 0 Å². The quantitative estimate of drug-likeness (QED) is 0.391. The predicted octanol–water partition coefficient (Wildman–Crippen LogP) is -0.0770. The van der Waals surface area contributed by atoms with Crippen LogP contribution in [0.25, 0.3) is 0 Å². The smallest absolute Gasteiger partial charge is 0 e. The van der Waals surface area contributed by atoms with Crippen LogP contribution in [0.2, 0.25) is 0 Å². The van der Waals surface area contributed by atoms with Crippen molar-refractivity contribution in [3.63, 3.8) is 0 Å². The van der Waals surface area contributed by atoms with Gasteiger partial charge in [0.1, 0.15) is 0 Å². The molecule has 5 heavy (non-hydrogen) atoms. The van der Waals surface area contributed by atoms with E-state index in [0.717, 1.165) is 6.26 Å². The third kappa shape index (κ3) is 83.9. The largest absolute Gasteiger partial charge is 0.424 e. The molecule has 0 unspecified atom stereocenters. The van der Waals surface area contributed by atoms with Crippen LogP contribution >= 0.6 is 0 Å². The molecule has 0 aliphatic carbocycles. The van der Waals surface area contributed by atoms with Gasteiger partial charge in [0.05, 0.1) is 0 Å². The van der Waals surface area contributed by atoms with E-state index in [0.29, 0.717) is 0 Å². The molecule has 0 aromatic rings. The van der Waals surface area contributed by atoms with Crippen LogP contribution < -0.4 is 0 Å². The van der Waals surface area contributed by atoms with Crippen molar-refractivity contribution >= 4 is 10.7 Å². The van der Waals surface area contributed by atoms with Gasteiger partial charge in [-0.1, -0.05) is 17.0 Å². The SMILES string of the molecule is C[S-](=O)=O.[Pd]. The molecule has 0 radical (unpaired) electrons. The Bertz CT molecular complexity index is 58.0. The van der Waals surface area contributed by atoms with Crippen LogP contribution in [-0.2, 0) is 39.5 Å². The van der Waals surface area contributed by atoms with Crippen LogP contribution in [0, 0.1) is 0 Å². The van der Waals surface area contributed by atoms with Gasteiger partial charge in [0.15, 0.2) is 0 Å². The summed E-state index contributed by atoms with van der Waals surface area (Å²) >= 11 is 0. The molecule has 0 spiro atoms. The van der Waals surface area contributed by atoms with Crippen molar-refractivity contribution in [2.45, 2.75) is 0 Å². The summed E-state index contributed by atoms with van der Waals surface area (Å²) < 4.78 is 18.0. The van der Waals surface area contributed by atoms with Gasteiger partial charge in [-0.3, -0.25) is 0 Å². The molecule has 36 valence electrons. The second-order valence-corrected chi connectivity index (χ2v) is 1.20. The van der Waals surface area contributed by atoms with E-state index in [2.05, 4.69) is 0 Å². The summed E-state index contributed by atoms with van der Waals surface area (Å²) in [4.78, 5) is 0. The fourth-order valence-corrected chi connectivity index (χ4v) is 0. The Balaban J connectivity index is 0. The normalized spacial score (nSPS) is 6.80. The molecule has 0 fully saturated rings. The summed E-state index contributed by atoms with van der Waals surface area (Å²) in [6.07, 6.45) is 1.08. The maximum atomic E-state index is 9.00. The van der Waals surface area contributed by atoms with Crippen molar-refractivity contribution in [1.82, 2.24) is 0 Å². The molecule has 0 aromatic heterocycles. The van der Waals surface area contributed by atoms with Crippen LogP contribution in [0.3, 0.4) is 0 Å². The second-order valence-electron chi connectivity index (χ2n) is 0.401. The minimum atomic E-state index is -1.86. The topological polar surface area (TPSA) is 34.1 Å². The molecule has 0 aliphatic heterocycles. The zero-order valence-electron chi connectivity index (χ0n) is 2.54. The standard InChI is InChI=1S/CH3O2S.Pd/c1-4(2)3;/h1H3;/q-1;. The van der Waals surface area contributed by atoms with Gasteiger partial charge in [-0.25, -0.2) is 0 Å². The van der Waals surface area contributed by atoms with Crippen molar-refractivity contribution in [1.29, 1.82) is 0 Å². The summed E-state index contributed by atoms with van der Waals surface area (Å²) in [5.74, 6) is 0. The van der Waals surface area contributed by atoms with Crippen molar-refractivity contribution in [3.8, 4) is 0 Å². The average Bonchev–Trinajstić information content (AvgIpc) is 0.811. The van der Waals surface area contributed by atoms with E-state index in [1.807, 2.05) is 0 Å². The number of hydrogen-bond acceptors (Lipinski definition) is 3. The summed E-state index contributed by atoms with van der Waals surface area (Å²) in [5, 5.41) is 0. The van der Waals surface area contributed by atoms with Crippen molar-refractivity contribution in [2.75, 3.05) is 6.26 Å². The molecule has 0 bridgehead atoms. The van der Waals surface area contributed by atoms with E-state index < -0.39 is 10.7 Å². The Morgan fingerprint density at radius 3 is 1.40 bits per heavy atom. The number of rotatable bonds is 0. The minimum Gasteiger partial charge on any atom is -0.424 e. The van der Waals surface area contributed by atoms with Gasteiger partial charge in [0.2, 0.25) is 0 Å². The molecule has 0 heterocycles. The molecule has 2 nitrogen and oxygen atoms in total. The van der Waals surface area contributed by atoms with Crippen LogP contribution in [-0.4, -0.2) is 6.26 Å². The Labute approximate surface area is 46.2 Å². The first kappa shape index (κ1) is 9.15.